The number of amides is 1. The first kappa shape index (κ1) is 20.7. The van der Waals surface area contributed by atoms with Gasteiger partial charge in [-0.1, -0.05) is 6.08 Å². The average molecular weight is 422 g/mol. The zero-order valence-corrected chi connectivity index (χ0v) is 17.5. The highest BCUT2D eigenvalue weighted by Crippen LogP contribution is 2.38. The summed E-state index contributed by atoms with van der Waals surface area (Å²) in [7, 11) is 1.64. The maximum Gasteiger partial charge on any atom is 0.269 e. The van der Waals surface area contributed by atoms with Crippen LogP contribution in [0.1, 0.15) is 5.56 Å². The number of non-ortho nitro benzene ring substituents is 1. The standard InChI is InChI=1S/C23H26N4O4/c1-3-10-24-23(28)20-14-16-13-18(27(29)30)6-9-21(16)26-12-11-25(15-22(20)26)17-4-7-19(31-2)8-5-17/h3-9,13,20,22H,1,10-12,14-15H2,2H3,(H,24,28)/t20-,22+/m0/s1. The first-order valence-electron chi connectivity index (χ1n) is 10.3. The highest BCUT2D eigenvalue weighted by molar-refractivity contribution is 5.82. The lowest BCUT2D eigenvalue weighted by molar-refractivity contribution is -0.384. The molecular formula is C23H26N4O4. The van der Waals surface area contributed by atoms with Crippen molar-refractivity contribution in [1.29, 1.82) is 0 Å². The molecule has 0 bridgehead atoms. The molecule has 8 nitrogen and oxygen atoms in total. The van der Waals surface area contributed by atoms with Gasteiger partial charge in [0.15, 0.2) is 0 Å². The number of carbonyl (C=O) groups is 1. The highest BCUT2D eigenvalue weighted by atomic mass is 16.6. The highest BCUT2D eigenvalue weighted by Gasteiger charge is 2.42. The predicted octanol–water partition coefficient (Wildman–Crippen LogP) is 2.77. The lowest BCUT2D eigenvalue weighted by atomic mass is 9.83. The Hall–Kier alpha value is -3.55. The molecule has 0 spiro atoms. The fourth-order valence-corrected chi connectivity index (χ4v) is 4.55. The Morgan fingerprint density at radius 3 is 2.74 bits per heavy atom. The number of ether oxygens (including phenoxy) is 1. The molecule has 2 atom stereocenters. The molecule has 4 rings (SSSR count). The Labute approximate surface area is 181 Å². The lowest BCUT2D eigenvalue weighted by Crippen LogP contribution is -2.61. The number of benzene rings is 2. The maximum atomic E-state index is 13.0. The van der Waals surface area contributed by atoms with E-state index in [4.69, 9.17) is 4.74 Å². The van der Waals surface area contributed by atoms with E-state index in [1.165, 1.54) is 0 Å². The SMILES string of the molecule is C=CCNC(=O)[C@H]1Cc2cc([N+](=O)[O-])ccc2N2CCN(c3ccc(OC)cc3)C[C@H]12. The van der Waals surface area contributed by atoms with Crippen LogP contribution in [0.5, 0.6) is 5.75 Å². The topological polar surface area (TPSA) is 87.9 Å². The van der Waals surface area contributed by atoms with E-state index in [2.05, 4.69) is 21.7 Å². The summed E-state index contributed by atoms with van der Waals surface area (Å²) in [5, 5.41) is 14.2. The van der Waals surface area contributed by atoms with Crippen molar-refractivity contribution in [1.82, 2.24) is 5.32 Å². The summed E-state index contributed by atoms with van der Waals surface area (Å²) in [6.07, 6.45) is 2.12. The maximum absolute atomic E-state index is 13.0. The number of carbonyl (C=O) groups excluding carboxylic acids is 1. The van der Waals surface area contributed by atoms with Crippen LogP contribution in [-0.2, 0) is 11.2 Å². The molecule has 31 heavy (non-hydrogen) atoms. The number of fused-ring (bicyclic) bond motifs is 3. The zero-order valence-electron chi connectivity index (χ0n) is 17.5. The first-order chi connectivity index (χ1) is 15.0. The van der Waals surface area contributed by atoms with Gasteiger partial charge in [0.1, 0.15) is 5.75 Å². The molecule has 0 unspecified atom stereocenters. The number of nitro benzene ring substituents is 1. The van der Waals surface area contributed by atoms with Crippen molar-refractivity contribution in [3.8, 4) is 5.75 Å². The molecule has 2 aromatic rings. The van der Waals surface area contributed by atoms with Crippen LogP contribution < -0.4 is 19.9 Å². The number of nitrogens with one attached hydrogen (secondary N) is 1. The molecule has 2 heterocycles. The van der Waals surface area contributed by atoms with Gasteiger partial charge in [-0.25, -0.2) is 0 Å². The van der Waals surface area contributed by atoms with Gasteiger partial charge in [0.25, 0.3) is 5.69 Å². The van der Waals surface area contributed by atoms with Crippen molar-refractivity contribution in [3.05, 3.63) is 70.8 Å². The van der Waals surface area contributed by atoms with E-state index in [9.17, 15) is 14.9 Å². The van der Waals surface area contributed by atoms with Crippen molar-refractivity contribution in [2.45, 2.75) is 12.5 Å². The molecular weight excluding hydrogens is 396 g/mol. The first-order valence-corrected chi connectivity index (χ1v) is 10.3. The van der Waals surface area contributed by atoms with Gasteiger partial charge in [0, 0.05) is 49.7 Å². The van der Waals surface area contributed by atoms with Gasteiger partial charge >= 0.3 is 0 Å². The van der Waals surface area contributed by atoms with Gasteiger partial charge in [0.2, 0.25) is 5.91 Å². The van der Waals surface area contributed by atoms with Crippen molar-refractivity contribution >= 4 is 23.0 Å². The summed E-state index contributed by atoms with van der Waals surface area (Å²) < 4.78 is 5.26. The third kappa shape index (κ3) is 4.05. The molecule has 8 heteroatoms. The Balaban J connectivity index is 1.65. The summed E-state index contributed by atoms with van der Waals surface area (Å²) >= 11 is 0. The molecule has 1 amide bonds. The summed E-state index contributed by atoms with van der Waals surface area (Å²) in [6, 6.07) is 12.9. The molecule has 0 aliphatic carbocycles. The van der Waals surface area contributed by atoms with Crippen molar-refractivity contribution in [2.24, 2.45) is 5.92 Å². The van der Waals surface area contributed by atoms with Crippen LogP contribution in [0.2, 0.25) is 0 Å². The van der Waals surface area contributed by atoms with E-state index >= 15 is 0 Å². The number of rotatable bonds is 6. The van der Waals surface area contributed by atoms with E-state index in [-0.39, 0.29) is 28.5 Å². The van der Waals surface area contributed by atoms with Crippen LogP contribution in [0, 0.1) is 16.0 Å². The Bertz CT molecular complexity index is 992. The molecule has 2 aliphatic rings. The van der Waals surface area contributed by atoms with E-state index in [0.717, 1.165) is 35.8 Å². The molecule has 0 saturated carbocycles. The normalized spacial score (nSPS) is 19.8. The number of nitro groups is 1. The molecule has 2 aliphatic heterocycles. The van der Waals surface area contributed by atoms with Crippen LogP contribution in [0.4, 0.5) is 17.1 Å². The summed E-state index contributed by atoms with van der Waals surface area (Å²) in [4.78, 5) is 28.4. The third-order valence-electron chi connectivity index (χ3n) is 6.10. The molecule has 1 saturated heterocycles. The fraction of sp³-hybridized carbons (Fsp3) is 0.348. The Kier molecular flexibility index (Phi) is 5.79. The van der Waals surface area contributed by atoms with Gasteiger partial charge in [-0.2, -0.15) is 0 Å². The van der Waals surface area contributed by atoms with Gasteiger partial charge in [-0.15, -0.1) is 6.58 Å². The number of hydrogen-bond donors (Lipinski definition) is 1. The molecule has 2 aromatic carbocycles. The quantitative estimate of drug-likeness (QED) is 0.438. The van der Waals surface area contributed by atoms with Crippen molar-refractivity contribution < 1.29 is 14.5 Å². The lowest BCUT2D eigenvalue weighted by Gasteiger charge is -2.49. The smallest absolute Gasteiger partial charge is 0.269 e. The Morgan fingerprint density at radius 2 is 2.06 bits per heavy atom. The zero-order chi connectivity index (χ0) is 22.0. The largest absolute Gasteiger partial charge is 0.497 e. The minimum Gasteiger partial charge on any atom is -0.497 e. The van der Waals surface area contributed by atoms with Gasteiger partial charge in [-0.05, 0) is 42.3 Å². The van der Waals surface area contributed by atoms with E-state index in [1.54, 1.807) is 25.3 Å². The molecule has 1 N–H and O–H groups in total. The summed E-state index contributed by atoms with van der Waals surface area (Å²) in [6.45, 7) is 6.28. The molecule has 1 fully saturated rings. The van der Waals surface area contributed by atoms with Crippen molar-refractivity contribution in [3.63, 3.8) is 0 Å². The average Bonchev–Trinajstić information content (AvgIpc) is 2.81. The monoisotopic (exact) mass is 422 g/mol. The van der Waals surface area contributed by atoms with Crippen LogP contribution >= 0.6 is 0 Å². The van der Waals surface area contributed by atoms with Crippen LogP contribution in [0.15, 0.2) is 55.1 Å². The van der Waals surface area contributed by atoms with E-state index < -0.39 is 0 Å². The van der Waals surface area contributed by atoms with Crippen LogP contribution in [0.3, 0.4) is 0 Å². The van der Waals surface area contributed by atoms with Crippen molar-refractivity contribution in [2.75, 3.05) is 43.1 Å². The summed E-state index contributed by atoms with van der Waals surface area (Å²) in [5.74, 6) is 0.441. The van der Waals surface area contributed by atoms with Gasteiger partial charge in [0.05, 0.1) is 24.0 Å². The van der Waals surface area contributed by atoms with Crippen LogP contribution in [0.25, 0.3) is 0 Å². The minimum atomic E-state index is -0.388. The number of nitrogens with zero attached hydrogens (tertiary/aromatic N) is 3. The third-order valence-corrected chi connectivity index (χ3v) is 6.10. The number of piperazine rings is 1. The second-order valence-corrected chi connectivity index (χ2v) is 7.82. The number of anilines is 2. The predicted molar refractivity (Wildman–Crippen MR) is 120 cm³/mol. The second-order valence-electron chi connectivity index (χ2n) is 7.82. The molecule has 0 radical (unpaired) electrons. The second kappa shape index (κ2) is 8.67. The molecule has 162 valence electrons. The minimum absolute atomic E-state index is 0.0328. The molecule has 0 aromatic heterocycles. The van der Waals surface area contributed by atoms with Gasteiger partial charge in [-0.3, -0.25) is 14.9 Å². The fourth-order valence-electron chi connectivity index (χ4n) is 4.55. The van der Waals surface area contributed by atoms with Gasteiger partial charge < -0.3 is 19.9 Å². The summed E-state index contributed by atoms with van der Waals surface area (Å²) in [5.41, 5.74) is 2.97. The number of methoxy groups -OCH3 is 1. The Morgan fingerprint density at radius 1 is 1.29 bits per heavy atom. The van der Waals surface area contributed by atoms with E-state index in [1.807, 2.05) is 30.3 Å². The van der Waals surface area contributed by atoms with E-state index in [0.29, 0.717) is 19.5 Å². The number of hydrogen-bond acceptors (Lipinski definition) is 6. The van der Waals surface area contributed by atoms with Crippen LogP contribution in [-0.4, -0.2) is 50.2 Å².